The normalized spacial score (nSPS) is 17.2. The van der Waals surface area contributed by atoms with Crippen LogP contribution in [0.4, 0.5) is 0 Å². The van der Waals surface area contributed by atoms with Gasteiger partial charge in [-0.15, -0.1) is 10.2 Å². The van der Waals surface area contributed by atoms with E-state index in [-0.39, 0.29) is 17.9 Å². The zero-order valence-electron chi connectivity index (χ0n) is 14.5. The molecule has 0 aliphatic heterocycles. The van der Waals surface area contributed by atoms with Crippen LogP contribution in [0.3, 0.4) is 0 Å². The van der Waals surface area contributed by atoms with Crippen molar-refractivity contribution < 1.29 is 9.21 Å². The van der Waals surface area contributed by atoms with E-state index in [9.17, 15) is 4.79 Å². The van der Waals surface area contributed by atoms with Crippen molar-refractivity contribution in [2.75, 3.05) is 0 Å². The number of nitrogens with one attached hydrogen (secondary N) is 2. The quantitative estimate of drug-likeness (QED) is 0.874. The fourth-order valence-corrected chi connectivity index (χ4v) is 3.17. The molecule has 2 aromatic rings. The predicted octanol–water partition coefficient (Wildman–Crippen LogP) is 3.45. The molecular weight excluding hydrogens is 306 g/mol. The van der Waals surface area contributed by atoms with Crippen LogP contribution in [-0.2, 0) is 0 Å². The number of nitrogens with zero attached hydrogens (tertiary/aromatic N) is 3. The lowest BCUT2D eigenvalue weighted by molar-refractivity contribution is 0.0932. The number of rotatable bonds is 5. The Balaban J connectivity index is 1.69. The summed E-state index contributed by atoms with van der Waals surface area (Å²) in [4.78, 5) is 12.6. The highest BCUT2D eigenvalue weighted by Crippen LogP contribution is 2.33. The van der Waals surface area contributed by atoms with Crippen LogP contribution in [-0.4, -0.2) is 26.3 Å². The number of hydrogen-bond acceptors (Lipinski definition) is 5. The summed E-state index contributed by atoms with van der Waals surface area (Å²) in [6.45, 7) is 5.82. The minimum Gasteiger partial charge on any atom is -0.423 e. The molecular formula is C17H25N5O2. The van der Waals surface area contributed by atoms with Gasteiger partial charge in [0.2, 0.25) is 11.8 Å². The van der Waals surface area contributed by atoms with E-state index < -0.39 is 0 Å². The molecule has 2 N–H and O–H groups in total. The molecule has 0 unspecified atom stereocenters. The Morgan fingerprint density at radius 2 is 1.92 bits per heavy atom. The first-order chi connectivity index (χ1) is 11.6. The summed E-state index contributed by atoms with van der Waals surface area (Å²) in [6.07, 6.45) is 7.53. The van der Waals surface area contributed by atoms with E-state index in [4.69, 9.17) is 4.42 Å². The molecule has 0 bridgehead atoms. The van der Waals surface area contributed by atoms with Crippen molar-refractivity contribution in [3.63, 3.8) is 0 Å². The third kappa shape index (κ3) is 3.49. The number of aromatic nitrogens is 4. The molecule has 1 aliphatic rings. The summed E-state index contributed by atoms with van der Waals surface area (Å²) >= 11 is 0. The summed E-state index contributed by atoms with van der Waals surface area (Å²) in [6, 6.07) is -0.341. The molecule has 1 aliphatic carbocycles. The van der Waals surface area contributed by atoms with Crippen LogP contribution in [0.5, 0.6) is 0 Å². The summed E-state index contributed by atoms with van der Waals surface area (Å²) in [5, 5.41) is 18.1. The molecule has 1 fully saturated rings. The molecule has 0 spiro atoms. The van der Waals surface area contributed by atoms with E-state index in [0.29, 0.717) is 23.3 Å². The fourth-order valence-electron chi connectivity index (χ4n) is 3.17. The Morgan fingerprint density at radius 3 is 2.58 bits per heavy atom. The van der Waals surface area contributed by atoms with Crippen LogP contribution < -0.4 is 5.32 Å². The number of carbonyl (C=O) groups is 1. The highest BCUT2D eigenvalue weighted by Gasteiger charge is 2.25. The van der Waals surface area contributed by atoms with E-state index in [1.165, 1.54) is 19.3 Å². The molecule has 2 heterocycles. The zero-order valence-corrected chi connectivity index (χ0v) is 14.5. The molecule has 1 atom stereocenters. The van der Waals surface area contributed by atoms with Gasteiger partial charge in [-0.2, -0.15) is 5.10 Å². The predicted molar refractivity (Wildman–Crippen MR) is 88.7 cm³/mol. The minimum absolute atomic E-state index is 0.152. The van der Waals surface area contributed by atoms with Crippen molar-refractivity contribution in [2.24, 2.45) is 0 Å². The maximum Gasteiger partial charge on any atom is 0.255 e. The second kappa shape index (κ2) is 7.15. The molecule has 3 rings (SSSR count). The SMILES string of the molecule is CC(C)c1nnc([C@H](C)NC(=O)c2cn[nH]c2C2CCCCC2)o1. The number of amides is 1. The van der Waals surface area contributed by atoms with E-state index in [0.717, 1.165) is 18.5 Å². The number of H-pyrrole nitrogens is 1. The number of carbonyl (C=O) groups excluding carboxylic acids is 1. The van der Waals surface area contributed by atoms with Crippen LogP contribution in [0.15, 0.2) is 10.6 Å². The van der Waals surface area contributed by atoms with Gasteiger partial charge in [0.1, 0.15) is 6.04 Å². The first kappa shape index (κ1) is 16.7. The van der Waals surface area contributed by atoms with Crippen LogP contribution in [0.1, 0.15) is 98.6 Å². The van der Waals surface area contributed by atoms with Crippen molar-refractivity contribution in [1.82, 2.24) is 25.7 Å². The Bertz CT molecular complexity index is 685. The second-order valence-corrected chi connectivity index (χ2v) is 6.86. The van der Waals surface area contributed by atoms with E-state index in [1.807, 2.05) is 20.8 Å². The van der Waals surface area contributed by atoms with Gasteiger partial charge in [-0.1, -0.05) is 33.1 Å². The summed E-state index contributed by atoms with van der Waals surface area (Å²) in [5.41, 5.74) is 1.57. The maximum absolute atomic E-state index is 12.6. The minimum atomic E-state index is -0.341. The first-order valence-electron chi connectivity index (χ1n) is 8.73. The van der Waals surface area contributed by atoms with Gasteiger partial charge in [-0.05, 0) is 19.8 Å². The van der Waals surface area contributed by atoms with Crippen molar-refractivity contribution >= 4 is 5.91 Å². The molecule has 2 aromatic heterocycles. The van der Waals surface area contributed by atoms with E-state index >= 15 is 0 Å². The molecule has 7 nitrogen and oxygen atoms in total. The number of hydrogen-bond donors (Lipinski definition) is 2. The van der Waals surface area contributed by atoms with E-state index in [1.54, 1.807) is 6.20 Å². The second-order valence-electron chi connectivity index (χ2n) is 6.86. The molecule has 1 saturated carbocycles. The van der Waals surface area contributed by atoms with E-state index in [2.05, 4.69) is 25.7 Å². The molecule has 130 valence electrons. The van der Waals surface area contributed by atoms with Gasteiger partial charge in [0.25, 0.3) is 5.91 Å². The van der Waals surface area contributed by atoms with Gasteiger partial charge in [-0.3, -0.25) is 9.89 Å². The number of aromatic amines is 1. The van der Waals surface area contributed by atoms with Crippen molar-refractivity contribution in [2.45, 2.75) is 70.8 Å². The Morgan fingerprint density at radius 1 is 1.21 bits per heavy atom. The molecule has 0 saturated heterocycles. The highest BCUT2D eigenvalue weighted by atomic mass is 16.4. The molecule has 7 heteroatoms. The first-order valence-corrected chi connectivity index (χ1v) is 8.73. The molecule has 1 amide bonds. The molecule has 0 radical (unpaired) electrons. The molecule has 24 heavy (non-hydrogen) atoms. The average molecular weight is 331 g/mol. The van der Waals surface area contributed by atoms with Gasteiger partial charge < -0.3 is 9.73 Å². The fraction of sp³-hybridized carbons (Fsp3) is 0.647. The lowest BCUT2D eigenvalue weighted by atomic mass is 9.85. The zero-order chi connectivity index (χ0) is 17.1. The van der Waals surface area contributed by atoms with Crippen LogP contribution >= 0.6 is 0 Å². The van der Waals surface area contributed by atoms with Gasteiger partial charge in [0.15, 0.2) is 0 Å². The lowest BCUT2D eigenvalue weighted by Gasteiger charge is -2.21. The van der Waals surface area contributed by atoms with Crippen molar-refractivity contribution in [1.29, 1.82) is 0 Å². The summed E-state index contributed by atoms with van der Waals surface area (Å²) in [5.74, 6) is 1.42. The monoisotopic (exact) mass is 331 g/mol. The third-order valence-corrected chi connectivity index (χ3v) is 4.60. The standard InChI is InChI=1S/C17H25N5O2/c1-10(2)16-21-22-17(24-16)11(3)19-15(23)13-9-18-20-14(13)12-7-5-4-6-8-12/h9-12H,4-8H2,1-3H3,(H,18,20)(H,19,23)/t11-/m0/s1. The van der Waals surface area contributed by atoms with Gasteiger partial charge in [0, 0.05) is 11.8 Å². The summed E-state index contributed by atoms with van der Waals surface area (Å²) < 4.78 is 5.61. The van der Waals surface area contributed by atoms with Crippen LogP contribution in [0.25, 0.3) is 0 Å². The van der Waals surface area contributed by atoms with Crippen molar-refractivity contribution in [3.8, 4) is 0 Å². The average Bonchev–Trinajstić information content (AvgIpc) is 3.25. The maximum atomic E-state index is 12.6. The Kier molecular flexibility index (Phi) is 4.97. The van der Waals surface area contributed by atoms with Gasteiger partial charge >= 0.3 is 0 Å². The largest absolute Gasteiger partial charge is 0.423 e. The highest BCUT2D eigenvalue weighted by molar-refractivity contribution is 5.95. The topological polar surface area (TPSA) is 96.7 Å². The third-order valence-electron chi connectivity index (χ3n) is 4.60. The Labute approximate surface area is 141 Å². The van der Waals surface area contributed by atoms with Gasteiger partial charge in [0.05, 0.1) is 17.5 Å². The van der Waals surface area contributed by atoms with Gasteiger partial charge in [-0.25, -0.2) is 0 Å². The lowest BCUT2D eigenvalue weighted by Crippen LogP contribution is -2.28. The smallest absolute Gasteiger partial charge is 0.255 e. The summed E-state index contributed by atoms with van der Waals surface area (Å²) in [7, 11) is 0. The van der Waals surface area contributed by atoms with Crippen molar-refractivity contribution in [3.05, 3.63) is 29.2 Å². The van der Waals surface area contributed by atoms with Crippen LogP contribution in [0.2, 0.25) is 0 Å². The molecule has 0 aromatic carbocycles. The van der Waals surface area contributed by atoms with Crippen LogP contribution in [0, 0.1) is 0 Å². The Hall–Kier alpha value is -2.18.